The molecular weight excluding hydrogens is 252 g/mol. The Kier molecular flexibility index (Phi) is 4.26. The number of hydrogen-bond donors (Lipinski definition) is 2. The highest BCUT2D eigenvalue weighted by Gasteiger charge is 2.42. The molecule has 1 aromatic rings. The Bertz CT molecular complexity index is 448. The minimum atomic E-state index is -0.211. The van der Waals surface area contributed by atoms with Crippen molar-refractivity contribution in [3.05, 3.63) is 17.3 Å². The predicted molar refractivity (Wildman–Crippen MR) is 79.4 cm³/mol. The highest BCUT2D eigenvalue weighted by atomic mass is 16.4. The van der Waals surface area contributed by atoms with E-state index in [2.05, 4.69) is 31.1 Å². The van der Waals surface area contributed by atoms with E-state index < -0.39 is 0 Å². The van der Waals surface area contributed by atoms with Crippen molar-refractivity contribution >= 4 is 0 Å². The van der Waals surface area contributed by atoms with Gasteiger partial charge >= 0.3 is 0 Å². The van der Waals surface area contributed by atoms with Crippen molar-refractivity contribution in [1.82, 2.24) is 10.3 Å². The largest absolute Gasteiger partial charge is 0.444 e. The first-order valence-corrected chi connectivity index (χ1v) is 7.54. The van der Waals surface area contributed by atoms with Gasteiger partial charge in [-0.25, -0.2) is 4.98 Å². The molecule has 0 amide bonds. The maximum atomic E-state index is 9.92. The van der Waals surface area contributed by atoms with Crippen molar-refractivity contribution in [2.75, 3.05) is 6.61 Å². The van der Waals surface area contributed by atoms with E-state index >= 15 is 0 Å². The van der Waals surface area contributed by atoms with Crippen LogP contribution in [-0.4, -0.2) is 22.2 Å². The van der Waals surface area contributed by atoms with Gasteiger partial charge in [-0.3, -0.25) is 0 Å². The second-order valence-corrected chi connectivity index (χ2v) is 7.40. The lowest BCUT2D eigenvalue weighted by Crippen LogP contribution is -2.54. The van der Waals surface area contributed by atoms with Crippen molar-refractivity contribution in [2.45, 2.75) is 66.0 Å². The molecule has 2 atom stereocenters. The van der Waals surface area contributed by atoms with E-state index in [4.69, 9.17) is 4.42 Å². The van der Waals surface area contributed by atoms with E-state index in [1.54, 1.807) is 0 Å². The van der Waals surface area contributed by atoms with Gasteiger partial charge < -0.3 is 14.8 Å². The van der Waals surface area contributed by atoms with Gasteiger partial charge in [-0.2, -0.15) is 0 Å². The van der Waals surface area contributed by atoms with Crippen LogP contribution in [0.4, 0.5) is 0 Å². The highest BCUT2D eigenvalue weighted by Crippen LogP contribution is 2.43. The molecule has 4 nitrogen and oxygen atoms in total. The molecule has 2 rings (SSSR count). The van der Waals surface area contributed by atoms with Gasteiger partial charge in [0.25, 0.3) is 0 Å². The summed E-state index contributed by atoms with van der Waals surface area (Å²) in [7, 11) is 0. The number of aromatic nitrogens is 1. The molecule has 1 heterocycles. The molecule has 4 heteroatoms. The van der Waals surface area contributed by atoms with Gasteiger partial charge in [-0.15, -0.1) is 0 Å². The summed E-state index contributed by atoms with van der Waals surface area (Å²) in [6.45, 7) is 11.5. The van der Waals surface area contributed by atoms with Crippen LogP contribution in [0.15, 0.2) is 4.42 Å². The number of aliphatic hydroxyl groups excluding tert-OH is 1. The predicted octanol–water partition coefficient (Wildman–Crippen LogP) is 2.96. The van der Waals surface area contributed by atoms with Crippen molar-refractivity contribution in [1.29, 1.82) is 0 Å². The van der Waals surface area contributed by atoms with Crippen molar-refractivity contribution in [3.63, 3.8) is 0 Å². The molecule has 114 valence electrons. The first kappa shape index (κ1) is 15.5. The third-order valence-electron chi connectivity index (χ3n) is 4.45. The Balaban J connectivity index is 2.07. The number of nitrogens with zero attached hydrogens (tertiary/aromatic N) is 1. The minimum Gasteiger partial charge on any atom is -0.444 e. The number of aliphatic hydroxyl groups is 1. The molecule has 1 aromatic heterocycles. The van der Waals surface area contributed by atoms with Crippen LogP contribution in [0.5, 0.6) is 0 Å². The number of rotatable bonds is 4. The van der Waals surface area contributed by atoms with E-state index in [9.17, 15) is 5.11 Å². The highest BCUT2D eigenvalue weighted by molar-refractivity contribution is 5.06. The van der Waals surface area contributed by atoms with Crippen LogP contribution in [0.2, 0.25) is 0 Å². The van der Waals surface area contributed by atoms with E-state index in [0.717, 1.165) is 24.3 Å². The van der Waals surface area contributed by atoms with E-state index in [1.165, 1.54) is 6.42 Å². The summed E-state index contributed by atoms with van der Waals surface area (Å²) in [5.41, 5.74) is 0.991. The Morgan fingerprint density at radius 2 is 2.05 bits per heavy atom. The smallest absolute Gasteiger partial charge is 0.208 e. The monoisotopic (exact) mass is 280 g/mol. The third kappa shape index (κ3) is 3.41. The molecule has 0 aliphatic heterocycles. The van der Waals surface area contributed by atoms with E-state index in [1.807, 2.05) is 13.8 Å². The van der Waals surface area contributed by atoms with Crippen LogP contribution in [0.25, 0.3) is 0 Å². The van der Waals surface area contributed by atoms with Crippen molar-refractivity contribution in [3.8, 4) is 0 Å². The first-order valence-electron chi connectivity index (χ1n) is 7.54. The molecule has 1 aliphatic carbocycles. The SMILES string of the molecule is Cc1nc(CNC2(CO)CC(C)CC(C)(C)C2)oc1C. The van der Waals surface area contributed by atoms with Crippen LogP contribution >= 0.6 is 0 Å². The van der Waals surface area contributed by atoms with E-state index in [-0.39, 0.29) is 17.6 Å². The van der Waals surface area contributed by atoms with Gasteiger partial charge in [0.05, 0.1) is 18.8 Å². The fourth-order valence-electron chi connectivity index (χ4n) is 3.93. The summed E-state index contributed by atoms with van der Waals surface area (Å²) >= 11 is 0. The van der Waals surface area contributed by atoms with Crippen LogP contribution in [0, 0.1) is 25.2 Å². The zero-order chi connectivity index (χ0) is 15.0. The molecule has 1 aliphatic rings. The molecule has 2 N–H and O–H groups in total. The van der Waals surface area contributed by atoms with Gasteiger partial charge in [-0.1, -0.05) is 20.8 Å². The summed E-state index contributed by atoms with van der Waals surface area (Å²) in [6.07, 6.45) is 3.21. The average Bonchev–Trinajstić information content (AvgIpc) is 2.64. The summed E-state index contributed by atoms with van der Waals surface area (Å²) < 4.78 is 5.62. The number of oxazole rings is 1. The molecular formula is C16H28N2O2. The Morgan fingerprint density at radius 3 is 2.55 bits per heavy atom. The van der Waals surface area contributed by atoms with Crippen LogP contribution in [0.1, 0.15) is 57.4 Å². The van der Waals surface area contributed by atoms with Gasteiger partial charge in [0.2, 0.25) is 5.89 Å². The fraction of sp³-hybridized carbons (Fsp3) is 0.812. The molecule has 0 spiro atoms. The Morgan fingerprint density at radius 1 is 1.35 bits per heavy atom. The van der Waals surface area contributed by atoms with Crippen LogP contribution < -0.4 is 5.32 Å². The summed E-state index contributed by atoms with van der Waals surface area (Å²) in [6, 6.07) is 0. The lowest BCUT2D eigenvalue weighted by atomic mass is 9.64. The molecule has 1 fully saturated rings. The second kappa shape index (κ2) is 5.49. The van der Waals surface area contributed by atoms with Crippen molar-refractivity contribution in [2.24, 2.45) is 11.3 Å². The first-order chi connectivity index (χ1) is 9.25. The topological polar surface area (TPSA) is 58.3 Å². The minimum absolute atomic E-state index is 0.166. The van der Waals surface area contributed by atoms with Crippen molar-refractivity contribution < 1.29 is 9.52 Å². The number of aryl methyl sites for hydroxylation is 2. The lowest BCUT2D eigenvalue weighted by Gasteiger charge is -2.47. The maximum Gasteiger partial charge on any atom is 0.208 e. The zero-order valence-electron chi connectivity index (χ0n) is 13.4. The van der Waals surface area contributed by atoms with Gasteiger partial charge in [-0.05, 0) is 44.4 Å². The average molecular weight is 280 g/mol. The third-order valence-corrected chi connectivity index (χ3v) is 4.45. The molecule has 0 radical (unpaired) electrons. The zero-order valence-corrected chi connectivity index (χ0v) is 13.4. The summed E-state index contributed by atoms with van der Waals surface area (Å²) in [4.78, 5) is 4.40. The Hall–Kier alpha value is -0.870. The second-order valence-electron chi connectivity index (χ2n) is 7.40. The van der Waals surface area contributed by atoms with Gasteiger partial charge in [0.1, 0.15) is 5.76 Å². The van der Waals surface area contributed by atoms with Gasteiger partial charge in [0, 0.05) is 5.54 Å². The molecule has 2 unspecified atom stereocenters. The molecule has 1 saturated carbocycles. The molecule has 0 saturated heterocycles. The quantitative estimate of drug-likeness (QED) is 0.890. The van der Waals surface area contributed by atoms with Gasteiger partial charge in [0.15, 0.2) is 0 Å². The molecule has 20 heavy (non-hydrogen) atoms. The van der Waals surface area contributed by atoms with Crippen LogP contribution in [0.3, 0.4) is 0 Å². The normalized spacial score (nSPS) is 29.6. The van der Waals surface area contributed by atoms with E-state index in [0.29, 0.717) is 18.4 Å². The molecule has 0 bridgehead atoms. The standard InChI is InChI=1S/C16H28N2O2/c1-11-6-15(4,5)9-16(7-11,10-19)17-8-14-18-12(2)13(3)20-14/h11,17,19H,6-10H2,1-5H3. The Labute approximate surface area is 122 Å². The molecule has 0 aromatic carbocycles. The van der Waals surface area contributed by atoms with Crippen LogP contribution in [-0.2, 0) is 6.54 Å². The number of hydrogen-bond acceptors (Lipinski definition) is 4. The maximum absolute atomic E-state index is 9.92. The lowest BCUT2D eigenvalue weighted by molar-refractivity contribution is 0.0337. The summed E-state index contributed by atoms with van der Waals surface area (Å²) in [5.74, 6) is 2.20. The fourth-order valence-corrected chi connectivity index (χ4v) is 3.93. The number of nitrogens with one attached hydrogen (secondary N) is 1. The summed E-state index contributed by atoms with van der Waals surface area (Å²) in [5, 5.41) is 13.4.